The first-order chi connectivity index (χ1) is 12.5. The van der Waals surface area contributed by atoms with Gasteiger partial charge < -0.3 is 14.8 Å². The molecule has 2 aromatic rings. The summed E-state index contributed by atoms with van der Waals surface area (Å²) in [5.74, 6) is -0.425. The van der Waals surface area contributed by atoms with Crippen LogP contribution in [0.4, 0.5) is 4.39 Å². The minimum Gasteiger partial charge on any atom is -0.493 e. The summed E-state index contributed by atoms with van der Waals surface area (Å²) in [7, 11) is 3.02. The van der Waals surface area contributed by atoms with Gasteiger partial charge in [-0.3, -0.25) is 9.59 Å². The van der Waals surface area contributed by atoms with Gasteiger partial charge in [0.05, 0.1) is 27.0 Å². The van der Waals surface area contributed by atoms with Crippen molar-refractivity contribution in [1.82, 2.24) is 10.7 Å². The third-order valence-corrected chi connectivity index (χ3v) is 3.34. The lowest BCUT2D eigenvalue weighted by atomic mass is 10.2. The van der Waals surface area contributed by atoms with Crippen molar-refractivity contribution in [3.8, 4) is 11.5 Å². The van der Waals surface area contributed by atoms with E-state index in [4.69, 9.17) is 9.47 Å². The lowest BCUT2D eigenvalue weighted by Gasteiger charge is -2.09. The zero-order chi connectivity index (χ0) is 18.9. The fourth-order valence-electron chi connectivity index (χ4n) is 2.09. The molecule has 0 fully saturated rings. The van der Waals surface area contributed by atoms with Crippen molar-refractivity contribution in [2.75, 3.05) is 20.8 Å². The van der Waals surface area contributed by atoms with E-state index in [1.807, 2.05) is 0 Å². The summed E-state index contributed by atoms with van der Waals surface area (Å²) in [6, 6.07) is 10.2. The minimum absolute atomic E-state index is 0.254. The topological polar surface area (TPSA) is 89.0 Å². The normalized spacial score (nSPS) is 10.4. The van der Waals surface area contributed by atoms with E-state index < -0.39 is 17.6 Å². The van der Waals surface area contributed by atoms with Crippen molar-refractivity contribution in [2.45, 2.75) is 0 Å². The average Bonchev–Trinajstić information content (AvgIpc) is 2.66. The zero-order valence-electron chi connectivity index (χ0n) is 14.3. The van der Waals surface area contributed by atoms with E-state index >= 15 is 0 Å². The van der Waals surface area contributed by atoms with E-state index in [9.17, 15) is 14.0 Å². The lowest BCUT2D eigenvalue weighted by Crippen LogP contribution is -2.34. The van der Waals surface area contributed by atoms with Crippen LogP contribution in [0.25, 0.3) is 0 Å². The number of hydrogen-bond acceptors (Lipinski definition) is 5. The molecule has 0 bridgehead atoms. The SMILES string of the molecule is COc1cccc(/C=N/NC(=O)CNC(=O)c2ccc(F)cc2)c1OC. The first-order valence-corrected chi connectivity index (χ1v) is 7.61. The Morgan fingerprint density at radius 3 is 2.50 bits per heavy atom. The van der Waals surface area contributed by atoms with Crippen LogP contribution in [0.1, 0.15) is 15.9 Å². The van der Waals surface area contributed by atoms with Crippen molar-refractivity contribution in [3.63, 3.8) is 0 Å². The summed E-state index contributed by atoms with van der Waals surface area (Å²) >= 11 is 0. The molecule has 0 unspecified atom stereocenters. The molecule has 7 nitrogen and oxygen atoms in total. The number of methoxy groups -OCH3 is 2. The van der Waals surface area contributed by atoms with Crippen LogP contribution in [-0.4, -0.2) is 38.8 Å². The maximum atomic E-state index is 12.8. The summed E-state index contributed by atoms with van der Waals surface area (Å²) in [5.41, 5.74) is 3.16. The quantitative estimate of drug-likeness (QED) is 0.582. The van der Waals surface area contributed by atoms with Gasteiger partial charge in [-0.1, -0.05) is 6.07 Å². The molecule has 0 atom stereocenters. The van der Waals surface area contributed by atoms with Gasteiger partial charge >= 0.3 is 0 Å². The Hall–Kier alpha value is -3.42. The van der Waals surface area contributed by atoms with E-state index in [1.165, 1.54) is 44.7 Å². The molecule has 8 heteroatoms. The molecule has 0 heterocycles. The van der Waals surface area contributed by atoms with E-state index in [-0.39, 0.29) is 12.1 Å². The smallest absolute Gasteiger partial charge is 0.259 e. The summed E-state index contributed by atoms with van der Waals surface area (Å²) < 4.78 is 23.2. The molecule has 0 aliphatic heterocycles. The first-order valence-electron chi connectivity index (χ1n) is 7.61. The van der Waals surface area contributed by atoms with Crippen LogP contribution >= 0.6 is 0 Å². The number of hydrogen-bond donors (Lipinski definition) is 2. The van der Waals surface area contributed by atoms with Crippen molar-refractivity contribution in [1.29, 1.82) is 0 Å². The van der Waals surface area contributed by atoms with E-state index in [0.29, 0.717) is 17.1 Å². The number of hydrazone groups is 1. The molecule has 2 rings (SSSR count). The second kappa shape index (κ2) is 9.16. The van der Waals surface area contributed by atoms with Crippen LogP contribution < -0.4 is 20.2 Å². The Morgan fingerprint density at radius 2 is 1.85 bits per heavy atom. The lowest BCUT2D eigenvalue weighted by molar-refractivity contribution is -0.120. The van der Waals surface area contributed by atoms with Crippen LogP contribution in [0.2, 0.25) is 0 Å². The van der Waals surface area contributed by atoms with Gasteiger partial charge in [0.1, 0.15) is 5.82 Å². The number of carbonyl (C=O) groups excluding carboxylic acids is 2. The van der Waals surface area contributed by atoms with Gasteiger partial charge in [-0.15, -0.1) is 0 Å². The fraction of sp³-hybridized carbons (Fsp3) is 0.167. The van der Waals surface area contributed by atoms with E-state index in [0.717, 1.165) is 0 Å². The Bertz CT molecular complexity index is 807. The fourth-order valence-corrected chi connectivity index (χ4v) is 2.09. The number of halogens is 1. The zero-order valence-corrected chi connectivity index (χ0v) is 14.3. The summed E-state index contributed by atoms with van der Waals surface area (Å²) in [5, 5.41) is 6.24. The monoisotopic (exact) mass is 359 g/mol. The van der Waals surface area contributed by atoms with Crippen LogP contribution in [-0.2, 0) is 4.79 Å². The molecule has 136 valence electrons. The molecule has 0 aromatic heterocycles. The number of ether oxygens (including phenoxy) is 2. The molecular weight excluding hydrogens is 341 g/mol. The number of para-hydroxylation sites is 1. The van der Waals surface area contributed by atoms with Crippen molar-refractivity contribution in [3.05, 3.63) is 59.4 Å². The van der Waals surface area contributed by atoms with Crippen LogP contribution in [0.3, 0.4) is 0 Å². The molecule has 0 saturated carbocycles. The largest absolute Gasteiger partial charge is 0.493 e. The molecule has 0 saturated heterocycles. The Kier molecular flexibility index (Phi) is 6.67. The molecular formula is C18H18FN3O4. The molecule has 26 heavy (non-hydrogen) atoms. The Labute approximate surface area is 149 Å². The number of amides is 2. The third-order valence-electron chi connectivity index (χ3n) is 3.34. The maximum absolute atomic E-state index is 12.8. The highest BCUT2D eigenvalue weighted by molar-refractivity contribution is 5.96. The molecule has 0 spiro atoms. The molecule has 0 aliphatic carbocycles. The Morgan fingerprint density at radius 1 is 1.12 bits per heavy atom. The van der Waals surface area contributed by atoms with Gasteiger partial charge in [0.2, 0.25) is 0 Å². The standard InChI is InChI=1S/C18H18FN3O4/c1-25-15-5-3-4-13(17(15)26-2)10-21-22-16(23)11-20-18(24)12-6-8-14(19)9-7-12/h3-10H,11H2,1-2H3,(H,20,24)(H,22,23)/b21-10+. The number of nitrogens with zero attached hydrogens (tertiary/aromatic N) is 1. The number of carbonyl (C=O) groups is 2. The number of nitrogens with one attached hydrogen (secondary N) is 2. The second-order valence-corrected chi connectivity index (χ2v) is 5.07. The molecule has 0 aliphatic rings. The minimum atomic E-state index is -0.515. The average molecular weight is 359 g/mol. The van der Waals surface area contributed by atoms with Crippen molar-refractivity contribution < 1.29 is 23.5 Å². The summed E-state index contributed by atoms with van der Waals surface area (Å²) in [4.78, 5) is 23.6. The van der Waals surface area contributed by atoms with Crippen molar-refractivity contribution >= 4 is 18.0 Å². The second-order valence-electron chi connectivity index (χ2n) is 5.07. The van der Waals surface area contributed by atoms with Gasteiger partial charge in [-0.25, -0.2) is 9.82 Å². The number of rotatable bonds is 7. The first kappa shape index (κ1) is 18.9. The summed E-state index contributed by atoms with van der Waals surface area (Å²) in [6.45, 7) is -0.275. The molecule has 2 amide bonds. The van der Waals surface area contributed by atoms with E-state index in [1.54, 1.807) is 18.2 Å². The van der Waals surface area contributed by atoms with Gasteiger partial charge in [0.15, 0.2) is 11.5 Å². The molecule has 2 aromatic carbocycles. The highest BCUT2D eigenvalue weighted by atomic mass is 19.1. The van der Waals surface area contributed by atoms with Gasteiger partial charge in [-0.05, 0) is 36.4 Å². The predicted octanol–water partition coefficient (Wildman–Crippen LogP) is 1.72. The van der Waals surface area contributed by atoms with Gasteiger partial charge in [0, 0.05) is 11.1 Å². The third kappa shape index (κ3) is 5.04. The highest BCUT2D eigenvalue weighted by Gasteiger charge is 2.09. The summed E-state index contributed by atoms with van der Waals surface area (Å²) in [6.07, 6.45) is 1.40. The Balaban J connectivity index is 1.88. The molecule has 2 N–H and O–H groups in total. The van der Waals surface area contributed by atoms with E-state index in [2.05, 4.69) is 15.8 Å². The van der Waals surface area contributed by atoms with Gasteiger partial charge in [0.25, 0.3) is 11.8 Å². The van der Waals surface area contributed by atoms with Crippen LogP contribution in [0.15, 0.2) is 47.6 Å². The molecule has 0 radical (unpaired) electrons. The van der Waals surface area contributed by atoms with Crippen LogP contribution in [0, 0.1) is 5.82 Å². The highest BCUT2D eigenvalue weighted by Crippen LogP contribution is 2.29. The maximum Gasteiger partial charge on any atom is 0.259 e. The van der Waals surface area contributed by atoms with Crippen LogP contribution in [0.5, 0.6) is 11.5 Å². The van der Waals surface area contributed by atoms with Gasteiger partial charge in [-0.2, -0.15) is 5.10 Å². The number of benzene rings is 2. The van der Waals surface area contributed by atoms with Crippen molar-refractivity contribution in [2.24, 2.45) is 5.10 Å². The predicted molar refractivity (Wildman–Crippen MR) is 94.0 cm³/mol.